The fraction of sp³-hybridized carbons (Fsp3) is 0.500. The summed E-state index contributed by atoms with van der Waals surface area (Å²) in [6, 6.07) is 9.01. The second-order valence-corrected chi connectivity index (χ2v) is 4.02. The zero-order valence-corrected chi connectivity index (χ0v) is 8.90. The van der Waals surface area contributed by atoms with E-state index in [4.69, 9.17) is 0 Å². The van der Waals surface area contributed by atoms with Gasteiger partial charge >= 0.3 is 0 Å². The van der Waals surface area contributed by atoms with Crippen LogP contribution < -0.4 is 10.2 Å². The molecule has 1 atom stereocenters. The van der Waals surface area contributed by atoms with E-state index in [0.29, 0.717) is 6.04 Å². The number of anilines is 1. The minimum atomic E-state index is 0.439. The van der Waals surface area contributed by atoms with E-state index in [-0.39, 0.29) is 0 Å². The molecule has 0 spiro atoms. The van der Waals surface area contributed by atoms with Gasteiger partial charge in [-0.05, 0) is 24.5 Å². The van der Waals surface area contributed by atoms with Gasteiger partial charge in [-0.25, -0.2) is 5.32 Å². The van der Waals surface area contributed by atoms with E-state index >= 15 is 0 Å². The van der Waals surface area contributed by atoms with Crippen molar-refractivity contribution in [2.24, 2.45) is 0 Å². The topological polar surface area (TPSA) is 17.3 Å². The summed E-state index contributed by atoms with van der Waals surface area (Å²) in [5.41, 5.74) is 2.69. The Morgan fingerprint density at radius 2 is 2.07 bits per heavy atom. The van der Waals surface area contributed by atoms with Gasteiger partial charge in [-0.3, -0.25) is 0 Å². The second-order valence-electron chi connectivity index (χ2n) is 4.02. The minimum Gasteiger partial charge on any atom is -0.377 e. The van der Waals surface area contributed by atoms with Crippen LogP contribution in [0.15, 0.2) is 24.3 Å². The van der Waals surface area contributed by atoms with Gasteiger partial charge in [-0.2, -0.15) is 0 Å². The lowest BCUT2D eigenvalue weighted by atomic mass is 10.0. The standard InChI is InChI=1S/C12H17N2/c1-14(2)12-8-4-3-6-10(12)11-7-5-9-13-11/h3-4,6,8,11H,5,7,9H2,1-2H3. The Morgan fingerprint density at radius 1 is 1.29 bits per heavy atom. The van der Waals surface area contributed by atoms with Gasteiger partial charge in [0.15, 0.2) is 0 Å². The molecule has 0 N–H and O–H groups in total. The molecule has 1 fully saturated rings. The fourth-order valence-corrected chi connectivity index (χ4v) is 2.05. The Kier molecular flexibility index (Phi) is 2.73. The maximum atomic E-state index is 4.62. The van der Waals surface area contributed by atoms with E-state index in [1.54, 1.807) is 0 Å². The van der Waals surface area contributed by atoms with Gasteiger partial charge in [0.1, 0.15) is 0 Å². The lowest BCUT2D eigenvalue weighted by Gasteiger charge is -2.20. The molecular weight excluding hydrogens is 172 g/mol. The molecule has 1 aliphatic rings. The average molecular weight is 189 g/mol. The molecule has 2 rings (SSSR count). The van der Waals surface area contributed by atoms with Crippen molar-refractivity contribution in [1.29, 1.82) is 0 Å². The molecular formula is C12H17N2. The molecule has 0 bridgehead atoms. The van der Waals surface area contributed by atoms with E-state index in [2.05, 4.69) is 48.6 Å². The fourth-order valence-electron chi connectivity index (χ4n) is 2.05. The van der Waals surface area contributed by atoms with Crippen molar-refractivity contribution in [3.8, 4) is 0 Å². The second kappa shape index (κ2) is 4.01. The van der Waals surface area contributed by atoms with Crippen molar-refractivity contribution in [2.45, 2.75) is 18.9 Å². The zero-order valence-electron chi connectivity index (χ0n) is 8.90. The molecule has 0 amide bonds. The van der Waals surface area contributed by atoms with Gasteiger partial charge in [0.25, 0.3) is 0 Å². The summed E-state index contributed by atoms with van der Waals surface area (Å²) in [5, 5.41) is 4.62. The first-order chi connectivity index (χ1) is 6.79. The van der Waals surface area contributed by atoms with E-state index < -0.39 is 0 Å². The molecule has 2 heteroatoms. The van der Waals surface area contributed by atoms with Gasteiger partial charge < -0.3 is 4.90 Å². The number of para-hydroxylation sites is 1. The third-order valence-corrected chi connectivity index (χ3v) is 2.76. The van der Waals surface area contributed by atoms with Crippen molar-refractivity contribution < 1.29 is 0 Å². The van der Waals surface area contributed by atoms with Crippen LogP contribution in [0.3, 0.4) is 0 Å². The molecule has 0 aliphatic carbocycles. The molecule has 0 aromatic heterocycles. The van der Waals surface area contributed by atoms with Crippen molar-refractivity contribution in [2.75, 3.05) is 25.5 Å². The molecule has 1 radical (unpaired) electrons. The van der Waals surface area contributed by atoms with Crippen molar-refractivity contribution >= 4 is 5.69 Å². The molecule has 0 saturated carbocycles. The van der Waals surface area contributed by atoms with Crippen LogP contribution in [-0.4, -0.2) is 20.6 Å². The Morgan fingerprint density at radius 3 is 2.71 bits per heavy atom. The van der Waals surface area contributed by atoms with Crippen LogP contribution in [0.2, 0.25) is 0 Å². The first kappa shape index (κ1) is 9.53. The van der Waals surface area contributed by atoms with Crippen LogP contribution in [0.1, 0.15) is 24.4 Å². The monoisotopic (exact) mass is 189 g/mol. The van der Waals surface area contributed by atoms with Crippen LogP contribution in [0, 0.1) is 0 Å². The van der Waals surface area contributed by atoms with Crippen molar-refractivity contribution in [1.82, 2.24) is 5.32 Å². The first-order valence-corrected chi connectivity index (χ1v) is 5.22. The average Bonchev–Trinajstić information content (AvgIpc) is 2.70. The number of benzene rings is 1. The molecule has 1 saturated heterocycles. The summed E-state index contributed by atoms with van der Waals surface area (Å²) in [6.45, 7) is 1.03. The minimum absolute atomic E-state index is 0.439. The van der Waals surface area contributed by atoms with Crippen LogP contribution in [0.5, 0.6) is 0 Å². The quantitative estimate of drug-likeness (QED) is 0.697. The summed E-state index contributed by atoms with van der Waals surface area (Å²) in [4.78, 5) is 2.17. The Labute approximate surface area is 85.9 Å². The number of hydrogen-bond acceptors (Lipinski definition) is 1. The number of hydrogen-bond donors (Lipinski definition) is 0. The predicted octanol–water partition coefficient (Wildman–Crippen LogP) is 2.19. The lowest BCUT2D eigenvalue weighted by Crippen LogP contribution is -2.14. The highest BCUT2D eigenvalue weighted by Gasteiger charge is 2.20. The third kappa shape index (κ3) is 1.75. The number of nitrogens with zero attached hydrogens (tertiary/aromatic N) is 2. The predicted molar refractivity (Wildman–Crippen MR) is 59.7 cm³/mol. The van der Waals surface area contributed by atoms with Crippen molar-refractivity contribution in [3.63, 3.8) is 0 Å². The highest BCUT2D eigenvalue weighted by molar-refractivity contribution is 5.54. The highest BCUT2D eigenvalue weighted by Crippen LogP contribution is 2.31. The summed E-state index contributed by atoms with van der Waals surface area (Å²) >= 11 is 0. The maximum absolute atomic E-state index is 4.62. The zero-order chi connectivity index (χ0) is 9.97. The first-order valence-electron chi connectivity index (χ1n) is 5.22. The molecule has 2 nitrogen and oxygen atoms in total. The van der Waals surface area contributed by atoms with E-state index in [1.807, 2.05) is 0 Å². The summed E-state index contributed by atoms with van der Waals surface area (Å²) in [7, 11) is 4.18. The summed E-state index contributed by atoms with van der Waals surface area (Å²) < 4.78 is 0. The van der Waals surface area contributed by atoms with Crippen LogP contribution >= 0.6 is 0 Å². The third-order valence-electron chi connectivity index (χ3n) is 2.76. The normalized spacial score (nSPS) is 21.1. The highest BCUT2D eigenvalue weighted by atomic mass is 15.1. The molecule has 1 aromatic rings. The number of rotatable bonds is 2. The SMILES string of the molecule is CN(C)c1ccccc1C1CCC[N]1. The lowest BCUT2D eigenvalue weighted by molar-refractivity contribution is 0.635. The summed E-state index contributed by atoms with van der Waals surface area (Å²) in [6.07, 6.45) is 2.46. The van der Waals surface area contributed by atoms with Gasteiger partial charge in [0.2, 0.25) is 0 Å². The molecule has 1 aromatic carbocycles. The van der Waals surface area contributed by atoms with Crippen LogP contribution in [-0.2, 0) is 0 Å². The Hall–Kier alpha value is -1.02. The van der Waals surface area contributed by atoms with Gasteiger partial charge in [-0.1, -0.05) is 18.2 Å². The molecule has 1 heterocycles. The summed E-state index contributed by atoms with van der Waals surface area (Å²) in [5.74, 6) is 0. The van der Waals surface area contributed by atoms with Crippen LogP contribution in [0.25, 0.3) is 0 Å². The Balaban J connectivity index is 2.30. The van der Waals surface area contributed by atoms with Crippen LogP contribution in [0.4, 0.5) is 5.69 Å². The largest absolute Gasteiger partial charge is 0.377 e. The molecule has 75 valence electrons. The Bertz CT molecular complexity index is 301. The van der Waals surface area contributed by atoms with E-state index in [0.717, 1.165) is 6.54 Å². The van der Waals surface area contributed by atoms with Gasteiger partial charge in [0.05, 0.1) is 6.04 Å². The van der Waals surface area contributed by atoms with Gasteiger partial charge in [-0.15, -0.1) is 0 Å². The van der Waals surface area contributed by atoms with Gasteiger partial charge in [0, 0.05) is 26.3 Å². The van der Waals surface area contributed by atoms with E-state index in [9.17, 15) is 0 Å². The van der Waals surface area contributed by atoms with Crippen molar-refractivity contribution in [3.05, 3.63) is 29.8 Å². The molecule has 14 heavy (non-hydrogen) atoms. The molecule has 1 aliphatic heterocycles. The molecule has 1 unspecified atom stereocenters. The smallest absolute Gasteiger partial charge is 0.0516 e. The maximum Gasteiger partial charge on any atom is 0.0516 e. The van der Waals surface area contributed by atoms with E-state index in [1.165, 1.54) is 24.1 Å².